The zero-order valence-electron chi connectivity index (χ0n) is 10.2. The summed E-state index contributed by atoms with van der Waals surface area (Å²) in [6.07, 6.45) is 0.557. The number of hydrogen-bond acceptors (Lipinski definition) is 5. The predicted molar refractivity (Wildman–Crippen MR) is 76.6 cm³/mol. The highest BCUT2D eigenvalue weighted by atomic mass is 32.2. The number of carboxylic acid groups (broad SMARTS) is 1. The molecule has 5 nitrogen and oxygen atoms in total. The summed E-state index contributed by atoms with van der Waals surface area (Å²) in [5, 5.41) is 12.9. The van der Waals surface area contributed by atoms with Gasteiger partial charge in [-0.1, -0.05) is 6.07 Å². The van der Waals surface area contributed by atoms with E-state index in [1.165, 1.54) is 17.4 Å². The van der Waals surface area contributed by atoms with Crippen molar-refractivity contribution in [2.24, 2.45) is 0 Å². The first-order valence-corrected chi connectivity index (χ1v) is 9.06. The quantitative estimate of drug-likeness (QED) is 0.936. The van der Waals surface area contributed by atoms with Gasteiger partial charge in [-0.05, 0) is 34.9 Å². The van der Waals surface area contributed by atoms with Gasteiger partial charge in [0.1, 0.15) is 10.3 Å². The van der Waals surface area contributed by atoms with E-state index in [1.807, 2.05) is 5.38 Å². The molecule has 3 heterocycles. The Morgan fingerprint density at radius 2 is 2.10 bits per heavy atom. The summed E-state index contributed by atoms with van der Waals surface area (Å²) in [4.78, 5) is 12.5. The molecular weight excluding hydrogens is 318 g/mol. The van der Waals surface area contributed by atoms with Gasteiger partial charge in [0.2, 0.25) is 0 Å². The second-order valence-electron chi connectivity index (χ2n) is 4.34. The van der Waals surface area contributed by atoms with Crippen LogP contribution in [0, 0.1) is 0 Å². The first-order chi connectivity index (χ1) is 9.51. The van der Waals surface area contributed by atoms with Crippen LogP contribution in [0.2, 0.25) is 0 Å². The summed E-state index contributed by atoms with van der Waals surface area (Å²) >= 11 is 2.58. The van der Waals surface area contributed by atoms with E-state index in [-0.39, 0.29) is 10.8 Å². The van der Waals surface area contributed by atoms with Gasteiger partial charge in [0.05, 0.1) is 0 Å². The van der Waals surface area contributed by atoms with E-state index < -0.39 is 22.0 Å². The first-order valence-electron chi connectivity index (χ1n) is 5.86. The molecule has 0 amide bonds. The molecule has 0 aliphatic carbocycles. The molecule has 0 saturated carbocycles. The van der Waals surface area contributed by atoms with Crippen LogP contribution in [0.5, 0.6) is 0 Å². The van der Waals surface area contributed by atoms with E-state index in [1.54, 1.807) is 17.5 Å². The molecule has 3 rings (SSSR count). The summed E-state index contributed by atoms with van der Waals surface area (Å²) in [5.74, 6) is -1.13. The van der Waals surface area contributed by atoms with Crippen LogP contribution < -0.4 is 0 Å². The number of carboxylic acids is 1. The lowest BCUT2D eigenvalue weighted by molar-refractivity contribution is -0.142. The van der Waals surface area contributed by atoms with Crippen molar-refractivity contribution in [3.63, 3.8) is 0 Å². The fraction of sp³-hybridized carbons (Fsp3) is 0.250. The molecular formula is C12H11NO4S3. The smallest absolute Gasteiger partial charge is 0.326 e. The molecule has 2 aromatic rings. The van der Waals surface area contributed by atoms with E-state index in [2.05, 4.69) is 0 Å². The molecule has 20 heavy (non-hydrogen) atoms. The van der Waals surface area contributed by atoms with Gasteiger partial charge in [-0.2, -0.15) is 4.31 Å². The molecule has 0 saturated heterocycles. The van der Waals surface area contributed by atoms with Crippen molar-refractivity contribution < 1.29 is 18.3 Å². The number of carbonyl (C=O) groups is 1. The van der Waals surface area contributed by atoms with Crippen LogP contribution >= 0.6 is 22.7 Å². The Bertz CT molecular complexity index is 733. The minimum Gasteiger partial charge on any atom is -0.480 e. The maximum atomic E-state index is 12.6. The van der Waals surface area contributed by atoms with Gasteiger partial charge >= 0.3 is 5.97 Å². The van der Waals surface area contributed by atoms with Crippen LogP contribution in [0.15, 0.2) is 33.2 Å². The van der Waals surface area contributed by atoms with E-state index in [9.17, 15) is 18.3 Å². The monoisotopic (exact) mass is 329 g/mol. The second kappa shape index (κ2) is 4.96. The molecule has 2 aromatic heterocycles. The Balaban J connectivity index is 2.09. The van der Waals surface area contributed by atoms with Crippen LogP contribution in [0.1, 0.15) is 16.5 Å². The Morgan fingerprint density at radius 1 is 1.30 bits per heavy atom. The minimum absolute atomic E-state index is 0.183. The Labute approximate surface area is 124 Å². The third-order valence-corrected chi connectivity index (χ3v) is 7.45. The lowest BCUT2D eigenvalue weighted by atomic mass is 10.0. The van der Waals surface area contributed by atoms with Gasteiger partial charge in [-0.25, -0.2) is 8.42 Å². The van der Waals surface area contributed by atoms with Crippen LogP contribution in [-0.4, -0.2) is 30.3 Å². The number of nitrogens with zero attached hydrogens (tertiary/aromatic N) is 1. The maximum Gasteiger partial charge on any atom is 0.326 e. The molecule has 0 bridgehead atoms. The molecule has 1 atom stereocenters. The molecule has 1 unspecified atom stereocenters. The topological polar surface area (TPSA) is 74.7 Å². The molecule has 0 radical (unpaired) electrons. The van der Waals surface area contributed by atoms with Gasteiger partial charge in [0.15, 0.2) is 0 Å². The zero-order chi connectivity index (χ0) is 14.3. The maximum absolute atomic E-state index is 12.6. The largest absolute Gasteiger partial charge is 0.480 e. The standard InChI is InChI=1S/C12H11NO4S3/c14-12(15)11-8-4-7-18-9(8)3-5-13(11)20(16,17)10-2-1-6-19-10/h1-2,4,6-7,11H,3,5H2,(H,14,15). The molecule has 1 aliphatic heterocycles. The Hall–Kier alpha value is -1.22. The fourth-order valence-corrected chi connectivity index (χ4v) is 5.92. The second-order valence-corrected chi connectivity index (χ2v) is 8.40. The summed E-state index contributed by atoms with van der Waals surface area (Å²) in [7, 11) is -3.76. The number of aliphatic carboxylic acids is 1. The van der Waals surface area contributed by atoms with Crippen molar-refractivity contribution in [1.29, 1.82) is 0 Å². The number of thiophene rings is 2. The lowest BCUT2D eigenvalue weighted by Crippen LogP contribution is -2.42. The highest BCUT2D eigenvalue weighted by Crippen LogP contribution is 2.37. The van der Waals surface area contributed by atoms with Crippen molar-refractivity contribution in [2.45, 2.75) is 16.7 Å². The molecule has 106 valence electrons. The molecule has 0 spiro atoms. The third-order valence-electron chi connectivity index (χ3n) is 3.21. The lowest BCUT2D eigenvalue weighted by Gasteiger charge is -2.31. The van der Waals surface area contributed by atoms with Crippen molar-refractivity contribution >= 4 is 38.7 Å². The SMILES string of the molecule is O=C(O)C1c2ccsc2CCN1S(=O)(=O)c1cccs1. The number of rotatable bonds is 3. The number of hydrogen-bond donors (Lipinski definition) is 1. The average Bonchev–Trinajstić information content (AvgIpc) is 3.08. The molecule has 1 aliphatic rings. The highest BCUT2D eigenvalue weighted by molar-refractivity contribution is 7.91. The third kappa shape index (κ3) is 2.08. The highest BCUT2D eigenvalue weighted by Gasteiger charge is 2.41. The van der Waals surface area contributed by atoms with Gasteiger partial charge in [0, 0.05) is 11.4 Å². The van der Waals surface area contributed by atoms with E-state index >= 15 is 0 Å². The van der Waals surface area contributed by atoms with Gasteiger partial charge < -0.3 is 5.11 Å². The normalized spacial score (nSPS) is 19.7. The van der Waals surface area contributed by atoms with Crippen molar-refractivity contribution in [2.75, 3.05) is 6.54 Å². The average molecular weight is 329 g/mol. The summed E-state index contributed by atoms with van der Waals surface area (Å²) in [6, 6.07) is 3.72. The van der Waals surface area contributed by atoms with Gasteiger partial charge in [-0.15, -0.1) is 22.7 Å². The molecule has 0 aromatic carbocycles. The van der Waals surface area contributed by atoms with Crippen molar-refractivity contribution in [3.8, 4) is 0 Å². The van der Waals surface area contributed by atoms with Crippen molar-refractivity contribution in [1.82, 2.24) is 4.31 Å². The van der Waals surface area contributed by atoms with E-state index in [0.717, 1.165) is 20.5 Å². The van der Waals surface area contributed by atoms with Crippen LogP contribution in [-0.2, 0) is 21.2 Å². The number of fused-ring (bicyclic) bond motifs is 1. The molecule has 1 N–H and O–H groups in total. The Kier molecular flexibility index (Phi) is 3.41. The fourth-order valence-electron chi connectivity index (χ4n) is 2.33. The first kappa shape index (κ1) is 13.7. The van der Waals surface area contributed by atoms with Crippen LogP contribution in [0.3, 0.4) is 0 Å². The van der Waals surface area contributed by atoms with Crippen molar-refractivity contribution in [3.05, 3.63) is 39.4 Å². The summed E-state index contributed by atoms with van der Waals surface area (Å²) in [5.41, 5.74) is 0.592. The predicted octanol–water partition coefficient (Wildman–Crippen LogP) is 2.18. The van der Waals surface area contributed by atoms with Crippen LogP contribution in [0.25, 0.3) is 0 Å². The molecule has 0 fully saturated rings. The minimum atomic E-state index is -3.76. The Morgan fingerprint density at radius 3 is 2.75 bits per heavy atom. The van der Waals surface area contributed by atoms with E-state index in [4.69, 9.17) is 0 Å². The summed E-state index contributed by atoms with van der Waals surface area (Å²) < 4.78 is 26.4. The number of sulfonamides is 1. The zero-order valence-corrected chi connectivity index (χ0v) is 12.7. The van der Waals surface area contributed by atoms with Gasteiger partial charge in [0.25, 0.3) is 10.0 Å². The van der Waals surface area contributed by atoms with E-state index in [0.29, 0.717) is 12.0 Å². The summed E-state index contributed by atoms with van der Waals surface area (Å²) in [6.45, 7) is 0.199. The van der Waals surface area contributed by atoms with Gasteiger partial charge in [-0.3, -0.25) is 4.79 Å². The van der Waals surface area contributed by atoms with Crippen LogP contribution in [0.4, 0.5) is 0 Å². The molecule has 8 heteroatoms.